The second-order valence-corrected chi connectivity index (χ2v) is 8.44. The highest BCUT2D eigenvalue weighted by molar-refractivity contribution is 6.01. The summed E-state index contributed by atoms with van der Waals surface area (Å²) in [5.74, 6) is 4.65. The number of imide groups is 1. The second-order valence-electron chi connectivity index (χ2n) is 8.44. The van der Waals surface area contributed by atoms with Crippen LogP contribution < -0.4 is 21.1 Å². The van der Waals surface area contributed by atoms with Crippen molar-refractivity contribution in [2.75, 3.05) is 5.32 Å². The van der Waals surface area contributed by atoms with Crippen LogP contribution >= 0.6 is 24.8 Å². The van der Waals surface area contributed by atoms with Crippen molar-refractivity contribution in [2.45, 2.75) is 31.7 Å². The van der Waals surface area contributed by atoms with Gasteiger partial charge in [-0.15, -0.1) is 24.8 Å². The third-order valence-corrected chi connectivity index (χ3v) is 5.53. The predicted molar refractivity (Wildman–Crippen MR) is 149 cm³/mol. The van der Waals surface area contributed by atoms with Gasteiger partial charge in [0.2, 0.25) is 5.91 Å². The van der Waals surface area contributed by atoms with Gasteiger partial charge in [0.1, 0.15) is 11.6 Å². The molecule has 2 aromatic carbocycles. The van der Waals surface area contributed by atoms with Crippen molar-refractivity contribution in [1.82, 2.24) is 10.3 Å². The molecule has 3 aromatic rings. The third-order valence-electron chi connectivity index (χ3n) is 5.53. The number of ether oxygens (including phenoxy) is 1. The monoisotopic (exact) mass is 574 g/mol. The van der Waals surface area contributed by atoms with Crippen molar-refractivity contribution < 1.29 is 23.1 Å². The van der Waals surface area contributed by atoms with E-state index in [1.807, 2.05) is 6.08 Å². The Balaban J connectivity index is 0.00000267. The van der Waals surface area contributed by atoms with Crippen LogP contribution in [-0.2, 0) is 11.2 Å². The number of amides is 3. The van der Waals surface area contributed by atoms with Gasteiger partial charge in [-0.3, -0.25) is 15.1 Å². The molecule has 0 saturated heterocycles. The lowest BCUT2D eigenvalue weighted by Crippen LogP contribution is -2.35. The molecule has 0 spiro atoms. The Bertz CT molecular complexity index is 1410. The van der Waals surface area contributed by atoms with Crippen LogP contribution in [0.5, 0.6) is 11.5 Å². The summed E-state index contributed by atoms with van der Waals surface area (Å²) in [6, 6.07) is 10.1. The van der Waals surface area contributed by atoms with Crippen molar-refractivity contribution >= 4 is 42.4 Å². The van der Waals surface area contributed by atoms with Crippen LogP contribution in [0.15, 0.2) is 72.6 Å². The molecule has 0 aliphatic heterocycles. The summed E-state index contributed by atoms with van der Waals surface area (Å²) in [6.45, 7) is 0. The van der Waals surface area contributed by atoms with Crippen LogP contribution in [0.4, 0.5) is 19.3 Å². The van der Waals surface area contributed by atoms with Gasteiger partial charge in [0.15, 0.2) is 11.6 Å². The Labute approximate surface area is 237 Å². The van der Waals surface area contributed by atoms with Crippen LogP contribution in [0.25, 0.3) is 0 Å². The molecule has 204 valence electrons. The zero-order valence-electron chi connectivity index (χ0n) is 20.6. The predicted octanol–water partition coefficient (Wildman–Crippen LogP) is 5.68. The van der Waals surface area contributed by atoms with E-state index in [-0.39, 0.29) is 48.7 Å². The minimum Gasteiger partial charge on any atom is -0.453 e. The van der Waals surface area contributed by atoms with E-state index < -0.39 is 23.6 Å². The number of urea groups is 1. The number of benzene rings is 2. The maximum absolute atomic E-state index is 14.7. The molecule has 0 bridgehead atoms. The Kier molecular flexibility index (Phi) is 11.9. The first-order valence-corrected chi connectivity index (χ1v) is 11.6. The Hall–Kier alpha value is -3.97. The first kappa shape index (κ1) is 31.2. The molecule has 1 heterocycles. The molecule has 1 aromatic heterocycles. The van der Waals surface area contributed by atoms with Crippen LogP contribution in [0.1, 0.15) is 30.4 Å². The fourth-order valence-corrected chi connectivity index (χ4v) is 3.58. The Morgan fingerprint density at radius 3 is 2.51 bits per heavy atom. The number of aromatic nitrogens is 1. The van der Waals surface area contributed by atoms with E-state index >= 15 is 0 Å². The third kappa shape index (κ3) is 9.37. The molecule has 11 heteroatoms. The molecule has 3 amide bonds. The number of carbonyl (C=O) groups excluding carboxylic acids is 2. The Morgan fingerprint density at radius 1 is 1.05 bits per heavy atom. The van der Waals surface area contributed by atoms with Crippen molar-refractivity contribution in [3.05, 3.63) is 95.3 Å². The maximum atomic E-state index is 14.7. The lowest BCUT2D eigenvalue weighted by atomic mass is 9.96. The summed E-state index contributed by atoms with van der Waals surface area (Å²) in [6.07, 6.45) is 7.43. The highest BCUT2D eigenvalue weighted by Gasteiger charge is 2.13. The molecule has 4 rings (SSSR count). The van der Waals surface area contributed by atoms with Crippen LogP contribution in [0.2, 0.25) is 0 Å². The number of halogens is 4. The van der Waals surface area contributed by atoms with E-state index in [2.05, 4.69) is 27.5 Å². The molecule has 0 radical (unpaired) electrons. The zero-order chi connectivity index (χ0) is 26.2. The summed E-state index contributed by atoms with van der Waals surface area (Å²) in [5, 5.41) is 4.54. The summed E-state index contributed by atoms with van der Waals surface area (Å²) >= 11 is 0. The number of nitrogens with two attached hydrogens (primary N) is 1. The molecular formula is C28H26Cl2F2N4O3. The van der Waals surface area contributed by atoms with E-state index in [0.29, 0.717) is 16.9 Å². The summed E-state index contributed by atoms with van der Waals surface area (Å²) < 4.78 is 33.5. The molecule has 4 N–H and O–H groups in total. The lowest BCUT2D eigenvalue weighted by molar-refractivity contribution is -0.119. The molecule has 39 heavy (non-hydrogen) atoms. The molecule has 1 aliphatic carbocycles. The molecule has 0 saturated carbocycles. The van der Waals surface area contributed by atoms with Crippen molar-refractivity contribution in [2.24, 2.45) is 5.73 Å². The SMILES string of the molecule is Cl.Cl.NC1CC=C(C#Cc2cnccc2Oc2ccc(NC(=O)NC(=O)Cc3ccc(F)cc3)cc2F)CC1. The number of carbonyl (C=O) groups is 2. The normalized spacial score (nSPS) is 13.8. The molecule has 1 aliphatic rings. The minimum atomic E-state index is -0.829. The van der Waals surface area contributed by atoms with Gasteiger partial charge in [-0.1, -0.05) is 30.0 Å². The second kappa shape index (κ2) is 14.8. The highest BCUT2D eigenvalue weighted by atomic mass is 35.5. The topological polar surface area (TPSA) is 106 Å². The summed E-state index contributed by atoms with van der Waals surface area (Å²) in [7, 11) is 0. The molecule has 7 nitrogen and oxygen atoms in total. The van der Waals surface area contributed by atoms with Crippen LogP contribution in [0, 0.1) is 23.5 Å². The number of pyridine rings is 1. The van der Waals surface area contributed by atoms with E-state index in [4.69, 9.17) is 10.5 Å². The van der Waals surface area contributed by atoms with Crippen LogP contribution in [0.3, 0.4) is 0 Å². The number of nitrogens with zero attached hydrogens (tertiary/aromatic N) is 1. The summed E-state index contributed by atoms with van der Waals surface area (Å²) in [5.41, 5.74) is 8.06. The largest absolute Gasteiger partial charge is 0.453 e. The number of hydrogen-bond donors (Lipinski definition) is 3. The highest BCUT2D eigenvalue weighted by Crippen LogP contribution is 2.28. The van der Waals surface area contributed by atoms with Gasteiger partial charge in [0.25, 0.3) is 0 Å². The van der Waals surface area contributed by atoms with Crippen LogP contribution in [-0.4, -0.2) is 23.0 Å². The number of rotatable bonds is 5. The number of hydrogen-bond acceptors (Lipinski definition) is 5. The van der Waals surface area contributed by atoms with Gasteiger partial charge in [-0.25, -0.2) is 13.6 Å². The van der Waals surface area contributed by atoms with Gasteiger partial charge in [0, 0.05) is 36.3 Å². The molecule has 0 fully saturated rings. The fraction of sp³-hybridized carbons (Fsp3) is 0.179. The average Bonchev–Trinajstić information content (AvgIpc) is 2.87. The van der Waals surface area contributed by atoms with Crippen molar-refractivity contribution in [1.29, 1.82) is 0 Å². The first-order valence-electron chi connectivity index (χ1n) is 11.6. The van der Waals surface area contributed by atoms with Gasteiger partial charge in [-0.05, 0) is 54.7 Å². The number of nitrogens with one attached hydrogen (secondary N) is 2. The lowest BCUT2D eigenvalue weighted by Gasteiger charge is -2.14. The van der Waals surface area contributed by atoms with Gasteiger partial charge < -0.3 is 15.8 Å². The first-order chi connectivity index (χ1) is 17.9. The Morgan fingerprint density at radius 2 is 1.82 bits per heavy atom. The van der Waals surface area contributed by atoms with Gasteiger partial charge in [0.05, 0.1) is 12.0 Å². The van der Waals surface area contributed by atoms with E-state index in [1.165, 1.54) is 42.6 Å². The minimum absolute atomic E-state index is 0. The quantitative estimate of drug-likeness (QED) is 0.340. The van der Waals surface area contributed by atoms with Gasteiger partial charge in [-0.2, -0.15) is 0 Å². The maximum Gasteiger partial charge on any atom is 0.325 e. The zero-order valence-corrected chi connectivity index (χ0v) is 22.2. The average molecular weight is 575 g/mol. The smallest absolute Gasteiger partial charge is 0.325 e. The molecular weight excluding hydrogens is 549 g/mol. The standard InChI is InChI=1S/C28H24F2N4O3.2ClH/c29-21-7-2-19(3-8-21)15-27(35)34-28(36)33-23-11-12-26(24(30)16-23)37-25-13-14-32-17-20(25)6-1-18-4-9-22(31)10-5-18;;/h2-4,7-8,11-14,16-17,22H,5,9-10,15,31H2,(H2,33,34,35,36);2*1H. The van der Waals surface area contributed by atoms with Crippen molar-refractivity contribution in [3.63, 3.8) is 0 Å². The summed E-state index contributed by atoms with van der Waals surface area (Å²) in [4.78, 5) is 28.2. The molecule has 1 unspecified atom stereocenters. The fourth-order valence-electron chi connectivity index (χ4n) is 3.58. The van der Waals surface area contributed by atoms with E-state index in [1.54, 1.807) is 12.3 Å². The van der Waals surface area contributed by atoms with Gasteiger partial charge >= 0.3 is 6.03 Å². The number of allylic oxidation sites excluding steroid dienone is 1. The molecule has 1 atom stereocenters. The van der Waals surface area contributed by atoms with E-state index in [0.717, 1.165) is 30.9 Å². The number of anilines is 1. The van der Waals surface area contributed by atoms with Crippen molar-refractivity contribution in [3.8, 4) is 23.3 Å². The van der Waals surface area contributed by atoms with E-state index in [9.17, 15) is 18.4 Å².